The lowest BCUT2D eigenvalue weighted by molar-refractivity contribution is -0.158. The Kier molecular flexibility index (Phi) is 21.0. The normalized spacial score (nSPS) is 18.7. The fourth-order valence-electron chi connectivity index (χ4n) is 5.77. The molecule has 0 aliphatic heterocycles. The predicted molar refractivity (Wildman–Crippen MR) is 156 cm³/mol. The number of carboxylic acid groups (broad SMARTS) is 1. The number of hydrogen-bond donors (Lipinski definition) is 1. The van der Waals surface area contributed by atoms with Crippen molar-refractivity contribution in [3.05, 3.63) is 0 Å². The molecule has 1 aliphatic carbocycles. The van der Waals surface area contributed by atoms with Gasteiger partial charge in [0.25, 0.3) is 0 Å². The summed E-state index contributed by atoms with van der Waals surface area (Å²) in [6.07, 6.45) is 28.2. The number of carboxylic acids is 1. The van der Waals surface area contributed by atoms with Gasteiger partial charge in [0.1, 0.15) is 6.10 Å². The van der Waals surface area contributed by atoms with Crippen molar-refractivity contribution in [2.24, 2.45) is 17.8 Å². The van der Waals surface area contributed by atoms with Crippen LogP contribution in [0.2, 0.25) is 0 Å². The Bertz CT molecular complexity index is 551. The maximum atomic E-state index is 12.9. The van der Waals surface area contributed by atoms with Crippen LogP contribution >= 0.6 is 0 Å². The highest BCUT2D eigenvalue weighted by Gasteiger charge is 2.31. The van der Waals surface area contributed by atoms with Crippen molar-refractivity contribution in [2.75, 3.05) is 0 Å². The van der Waals surface area contributed by atoms with Crippen molar-refractivity contribution in [1.82, 2.24) is 0 Å². The largest absolute Gasteiger partial charge is 0.481 e. The van der Waals surface area contributed by atoms with Crippen LogP contribution in [-0.2, 0) is 14.3 Å². The SMILES string of the molecule is CCCCCCCCCCCC(CCCCCCCCCCC(C)C)OC(=O)C1CCC(C(=O)O)CC1. The van der Waals surface area contributed by atoms with Gasteiger partial charge in [-0.2, -0.15) is 0 Å². The van der Waals surface area contributed by atoms with Gasteiger partial charge in [-0.25, -0.2) is 0 Å². The van der Waals surface area contributed by atoms with Crippen LogP contribution in [0.3, 0.4) is 0 Å². The van der Waals surface area contributed by atoms with Gasteiger partial charge in [0.2, 0.25) is 0 Å². The Morgan fingerprint density at radius 3 is 1.41 bits per heavy atom. The minimum Gasteiger partial charge on any atom is -0.481 e. The summed E-state index contributed by atoms with van der Waals surface area (Å²) in [4.78, 5) is 24.1. The minimum absolute atomic E-state index is 0.0466. The lowest BCUT2D eigenvalue weighted by Gasteiger charge is -2.27. The van der Waals surface area contributed by atoms with E-state index in [2.05, 4.69) is 20.8 Å². The average Bonchev–Trinajstić information content (AvgIpc) is 2.88. The molecule has 0 heterocycles. The van der Waals surface area contributed by atoms with E-state index >= 15 is 0 Å². The molecule has 0 saturated heterocycles. The molecule has 0 aromatic carbocycles. The second-order valence-electron chi connectivity index (χ2n) is 12.4. The number of aliphatic carboxylic acids is 1. The molecule has 1 unspecified atom stereocenters. The zero-order chi connectivity index (χ0) is 27.1. The maximum absolute atomic E-state index is 12.9. The Morgan fingerprint density at radius 1 is 0.622 bits per heavy atom. The van der Waals surface area contributed by atoms with Crippen molar-refractivity contribution in [2.45, 2.75) is 181 Å². The molecule has 1 rings (SSSR count). The van der Waals surface area contributed by atoms with Gasteiger partial charge in [0.05, 0.1) is 11.8 Å². The molecule has 0 aromatic heterocycles. The summed E-state index contributed by atoms with van der Waals surface area (Å²) in [5.74, 6) is -0.330. The van der Waals surface area contributed by atoms with Crippen LogP contribution < -0.4 is 0 Å². The molecule has 1 saturated carbocycles. The quantitative estimate of drug-likeness (QED) is 0.101. The van der Waals surface area contributed by atoms with E-state index in [0.717, 1.165) is 31.6 Å². The van der Waals surface area contributed by atoms with Crippen LogP contribution in [0.5, 0.6) is 0 Å². The third-order valence-corrected chi connectivity index (χ3v) is 8.38. The molecule has 0 radical (unpaired) electrons. The fraction of sp³-hybridized carbons (Fsp3) is 0.939. The van der Waals surface area contributed by atoms with Gasteiger partial charge < -0.3 is 9.84 Å². The summed E-state index contributed by atoms with van der Waals surface area (Å²) in [5.41, 5.74) is 0. The number of hydrogen-bond acceptors (Lipinski definition) is 3. The van der Waals surface area contributed by atoms with Gasteiger partial charge >= 0.3 is 11.9 Å². The summed E-state index contributed by atoms with van der Waals surface area (Å²) in [6, 6.07) is 0. The Labute approximate surface area is 230 Å². The topological polar surface area (TPSA) is 63.6 Å². The van der Waals surface area contributed by atoms with Crippen LogP contribution in [-0.4, -0.2) is 23.1 Å². The monoisotopic (exact) mass is 522 g/mol. The van der Waals surface area contributed by atoms with Gasteiger partial charge in [-0.05, 0) is 57.3 Å². The molecular formula is C33H62O4. The van der Waals surface area contributed by atoms with E-state index in [4.69, 9.17) is 4.74 Å². The van der Waals surface area contributed by atoms with E-state index in [1.165, 1.54) is 103 Å². The zero-order valence-corrected chi connectivity index (χ0v) is 25.0. The van der Waals surface area contributed by atoms with Crippen LogP contribution in [0, 0.1) is 17.8 Å². The summed E-state index contributed by atoms with van der Waals surface area (Å²) in [5, 5.41) is 9.24. The van der Waals surface area contributed by atoms with Gasteiger partial charge in [-0.15, -0.1) is 0 Å². The van der Waals surface area contributed by atoms with E-state index in [0.29, 0.717) is 25.7 Å². The summed E-state index contributed by atoms with van der Waals surface area (Å²) >= 11 is 0. The molecule has 4 nitrogen and oxygen atoms in total. The number of rotatable bonds is 24. The van der Waals surface area contributed by atoms with Crippen LogP contribution in [0.4, 0.5) is 0 Å². The molecule has 1 fully saturated rings. The second-order valence-corrected chi connectivity index (χ2v) is 12.4. The molecule has 0 spiro atoms. The molecule has 0 aromatic rings. The van der Waals surface area contributed by atoms with Gasteiger partial charge in [-0.1, -0.05) is 124 Å². The second kappa shape index (κ2) is 22.9. The van der Waals surface area contributed by atoms with E-state index in [-0.39, 0.29) is 23.9 Å². The summed E-state index contributed by atoms with van der Waals surface area (Å²) in [6.45, 7) is 6.88. The van der Waals surface area contributed by atoms with Gasteiger partial charge in [0.15, 0.2) is 0 Å². The molecule has 37 heavy (non-hydrogen) atoms. The Hall–Kier alpha value is -1.06. The molecular weight excluding hydrogens is 460 g/mol. The first-order valence-electron chi connectivity index (χ1n) is 16.4. The van der Waals surface area contributed by atoms with E-state index in [9.17, 15) is 14.7 Å². The highest BCUT2D eigenvalue weighted by atomic mass is 16.5. The average molecular weight is 523 g/mol. The lowest BCUT2D eigenvalue weighted by atomic mass is 9.82. The molecule has 0 bridgehead atoms. The molecule has 0 amide bonds. The van der Waals surface area contributed by atoms with Crippen LogP contribution in [0.15, 0.2) is 0 Å². The highest BCUT2D eigenvalue weighted by molar-refractivity contribution is 5.74. The smallest absolute Gasteiger partial charge is 0.309 e. The number of ether oxygens (including phenoxy) is 1. The molecule has 4 heteroatoms. The number of unbranched alkanes of at least 4 members (excludes halogenated alkanes) is 15. The lowest BCUT2D eigenvalue weighted by Crippen LogP contribution is -2.29. The van der Waals surface area contributed by atoms with Crippen molar-refractivity contribution < 1.29 is 19.4 Å². The van der Waals surface area contributed by atoms with E-state index in [1.54, 1.807) is 0 Å². The first kappa shape index (κ1) is 34.0. The standard InChI is InChI=1S/C33H62O4/c1-4-5-6-7-8-9-13-16-19-22-31(23-20-17-14-11-10-12-15-18-21-28(2)3)37-33(36)30-26-24-29(25-27-30)32(34)35/h28-31H,4-27H2,1-3H3,(H,34,35). The maximum Gasteiger partial charge on any atom is 0.309 e. The minimum atomic E-state index is -0.717. The van der Waals surface area contributed by atoms with Crippen LogP contribution in [0.25, 0.3) is 0 Å². The fourth-order valence-corrected chi connectivity index (χ4v) is 5.77. The predicted octanol–water partition coefficient (Wildman–Crippen LogP) is 10.3. The highest BCUT2D eigenvalue weighted by Crippen LogP contribution is 2.30. The van der Waals surface area contributed by atoms with Crippen LogP contribution in [0.1, 0.15) is 175 Å². The van der Waals surface area contributed by atoms with Crippen molar-refractivity contribution >= 4 is 11.9 Å². The Morgan fingerprint density at radius 2 is 1.00 bits per heavy atom. The number of esters is 1. The first-order chi connectivity index (χ1) is 17.9. The summed E-state index contributed by atoms with van der Waals surface area (Å²) < 4.78 is 6.06. The van der Waals surface area contributed by atoms with Crippen molar-refractivity contribution in [1.29, 1.82) is 0 Å². The number of carbonyl (C=O) groups is 2. The molecule has 1 atom stereocenters. The summed E-state index contributed by atoms with van der Waals surface area (Å²) in [7, 11) is 0. The van der Waals surface area contributed by atoms with E-state index < -0.39 is 5.97 Å². The van der Waals surface area contributed by atoms with Crippen molar-refractivity contribution in [3.8, 4) is 0 Å². The molecule has 1 aliphatic rings. The van der Waals surface area contributed by atoms with Gasteiger partial charge in [-0.3, -0.25) is 9.59 Å². The van der Waals surface area contributed by atoms with Gasteiger partial charge in [0, 0.05) is 0 Å². The third kappa shape index (κ3) is 18.8. The first-order valence-corrected chi connectivity index (χ1v) is 16.4. The van der Waals surface area contributed by atoms with E-state index in [1.807, 2.05) is 0 Å². The Balaban J connectivity index is 2.28. The number of carbonyl (C=O) groups excluding carboxylic acids is 1. The third-order valence-electron chi connectivity index (χ3n) is 8.38. The molecule has 218 valence electrons. The van der Waals surface area contributed by atoms with Crippen molar-refractivity contribution in [3.63, 3.8) is 0 Å². The zero-order valence-electron chi connectivity index (χ0n) is 25.0. The molecule has 1 N–H and O–H groups in total.